The van der Waals surface area contributed by atoms with E-state index in [0.717, 1.165) is 23.6 Å². The van der Waals surface area contributed by atoms with Crippen LogP contribution in [0, 0.1) is 0 Å². The molecule has 0 aliphatic carbocycles. The summed E-state index contributed by atoms with van der Waals surface area (Å²) in [7, 11) is 3.43. The lowest BCUT2D eigenvalue weighted by molar-refractivity contribution is 0.251. The molecule has 0 bridgehead atoms. The highest BCUT2D eigenvalue weighted by molar-refractivity contribution is 5.44. The van der Waals surface area contributed by atoms with E-state index >= 15 is 0 Å². The van der Waals surface area contributed by atoms with Gasteiger partial charge in [-0.25, -0.2) is 0 Å². The summed E-state index contributed by atoms with van der Waals surface area (Å²) in [5, 5.41) is 0. The summed E-state index contributed by atoms with van der Waals surface area (Å²) in [5.41, 5.74) is 1.16. The molecular formula is C14H21NO2. The normalized spacial score (nSPS) is 20.5. The summed E-state index contributed by atoms with van der Waals surface area (Å²) in [6.07, 6.45) is 2.58. The number of hydrogen-bond acceptors (Lipinski definition) is 3. The molecule has 1 aromatic rings. The maximum atomic E-state index is 5.43. The van der Waals surface area contributed by atoms with Gasteiger partial charge in [-0.15, -0.1) is 0 Å². The van der Waals surface area contributed by atoms with Crippen molar-refractivity contribution in [3.05, 3.63) is 23.8 Å². The van der Waals surface area contributed by atoms with Crippen molar-refractivity contribution in [3.8, 4) is 11.5 Å². The molecule has 1 aliphatic heterocycles. The van der Waals surface area contributed by atoms with Gasteiger partial charge in [0.25, 0.3) is 0 Å². The molecule has 94 valence electrons. The Morgan fingerprint density at radius 1 is 1.24 bits per heavy atom. The van der Waals surface area contributed by atoms with Crippen molar-refractivity contribution in [1.82, 2.24) is 4.90 Å². The van der Waals surface area contributed by atoms with Gasteiger partial charge in [-0.3, -0.25) is 4.90 Å². The van der Waals surface area contributed by atoms with Crippen LogP contribution in [0.1, 0.15) is 25.3 Å². The number of methoxy groups -OCH3 is 2. The van der Waals surface area contributed by atoms with Gasteiger partial charge in [0.05, 0.1) is 19.8 Å². The fraction of sp³-hybridized carbons (Fsp3) is 0.571. The van der Waals surface area contributed by atoms with Crippen molar-refractivity contribution in [2.24, 2.45) is 0 Å². The Balaban J connectivity index is 2.23. The van der Waals surface area contributed by atoms with Crippen molar-refractivity contribution in [2.45, 2.75) is 32.4 Å². The summed E-state index contributed by atoms with van der Waals surface area (Å²) in [5.74, 6) is 1.84. The maximum Gasteiger partial charge on any atom is 0.127 e. The number of likely N-dealkylation sites (tertiary alicyclic amines) is 1. The second-order valence-electron chi connectivity index (χ2n) is 4.60. The smallest absolute Gasteiger partial charge is 0.127 e. The third-order valence-electron chi connectivity index (χ3n) is 3.58. The summed E-state index contributed by atoms with van der Waals surface area (Å²) in [6, 6.07) is 6.62. The molecule has 1 aliphatic rings. The molecule has 0 amide bonds. The van der Waals surface area contributed by atoms with E-state index in [1.54, 1.807) is 14.2 Å². The van der Waals surface area contributed by atoms with E-state index < -0.39 is 0 Å². The average Bonchev–Trinajstić information content (AvgIpc) is 2.75. The molecule has 1 atom stereocenters. The number of hydrogen-bond donors (Lipinski definition) is 0. The fourth-order valence-electron chi connectivity index (χ4n) is 2.51. The molecule has 17 heavy (non-hydrogen) atoms. The van der Waals surface area contributed by atoms with Gasteiger partial charge in [0.2, 0.25) is 0 Å². The first kappa shape index (κ1) is 12.2. The first-order chi connectivity index (χ1) is 8.26. The topological polar surface area (TPSA) is 21.7 Å². The van der Waals surface area contributed by atoms with Crippen LogP contribution in [0.15, 0.2) is 18.2 Å². The van der Waals surface area contributed by atoms with Crippen LogP contribution in [0.4, 0.5) is 0 Å². The second-order valence-corrected chi connectivity index (χ2v) is 4.60. The van der Waals surface area contributed by atoms with Crippen LogP contribution in [0.25, 0.3) is 0 Å². The van der Waals surface area contributed by atoms with E-state index in [-0.39, 0.29) is 0 Å². The van der Waals surface area contributed by atoms with Gasteiger partial charge in [-0.2, -0.15) is 0 Å². The highest BCUT2D eigenvalue weighted by atomic mass is 16.5. The molecule has 0 N–H and O–H groups in total. The van der Waals surface area contributed by atoms with Crippen molar-refractivity contribution in [1.29, 1.82) is 0 Å². The van der Waals surface area contributed by atoms with Gasteiger partial charge in [-0.1, -0.05) is 6.07 Å². The fourth-order valence-corrected chi connectivity index (χ4v) is 2.51. The molecule has 1 aromatic carbocycles. The second kappa shape index (κ2) is 5.41. The maximum absolute atomic E-state index is 5.43. The molecule has 0 spiro atoms. The van der Waals surface area contributed by atoms with Gasteiger partial charge in [0, 0.05) is 12.6 Å². The van der Waals surface area contributed by atoms with E-state index in [4.69, 9.17) is 9.47 Å². The molecule has 2 rings (SSSR count). The summed E-state index contributed by atoms with van der Waals surface area (Å²) >= 11 is 0. The SMILES string of the molecule is COc1cccc(OC)c1CN1CCCC1C. The van der Waals surface area contributed by atoms with Gasteiger partial charge >= 0.3 is 0 Å². The predicted molar refractivity (Wildman–Crippen MR) is 68.7 cm³/mol. The Bertz CT molecular complexity index is 356. The Hall–Kier alpha value is -1.22. The van der Waals surface area contributed by atoms with E-state index in [1.807, 2.05) is 18.2 Å². The lowest BCUT2D eigenvalue weighted by Gasteiger charge is -2.23. The first-order valence-corrected chi connectivity index (χ1v) is 6.20. The third kappa shape index (κ3) is 2.55. The standard InChI is InChI=1S/C14H21NO2/c1-11-6-5-9-15(11)10-12-13(16-2)7-4-8-14(12)17-3/h4,7-8,11H,5-6,9-10H2,1-3H3. The molecule has 0 aromatic heterocycles. The Morgan fingerprint density at radius 3 is 2.35 bits per heavy atom. The van der Waals surface area contributed by atoms with Crippen molar-refractivity contribution >= 4 is 0 Å². The summed E-state index contributed by atoms with van der Waals surface area (Å²) in [6.45, 7) is 4.37. The van der Waals surface area contributed by atoms with Crippen LogP contribution in [-0.4, -0.2) is 31.7 Å². The van der Waals surface area contributed by atoms with Crippen LogP contribution < -0.4 is 9.47 Å². The number of benzene rings is 1. The van der Waals surface area contributed by atoms with Crippen LogP contribution in [0.2, 0.25) is 0 Å². The highest BCUT2D eigenvalue weighted by Crippen LogP contribution is 2.31. The monoisotopic (exact) mass is 235 g/mol. The summed E-state index contributed by atoms with van der Waals surface area (Å²) in [4.78, 5) is 2.49. The minimum atomic E-state index is 0.657. The first-order valence-electron chi connectivity index (χ1n) is 6.20. The van der Waals surface area contributed by atoms with Crippen LogP contribution in [0.5, 0.6) is 11.5 Å². The number of ether oxygens (including phenoxy) is 2. The minimum Gasteiger partial charge on any atom is -0.496 e. The number of rotatable bonds is 4. The zero-order valence-electron chi connectivity index (χ0n) is 10.9. The van der Waals surface area contributed by atoms with Gasteiger partial charge in [-0.05, 0) is 38.4 Å². The highest BCUT2D eigenvalue weighted by Gasteiger charge is 2.22. The molecule has 0 radical (unpaired) electrons. The molecule has 3 nitrogen and oxygen atoms in total. The Labute approximate surface area is 103 Å². The van der Waals surface area contributed by atoms with Crippen LogP contribution >= 0.6 is 0 Å². The molecule has 3 heteroatoms. The quantitative estimate of drug-likeness (QED) is 0.801. The molecule has 1 saturated heterocycles. The number of nitrogens with zero attached hydrogens (tertiary/aromatic N) is 1. The van der Waals surface area contributed by atoms with Crippen molar-refractivity contribution < 1.29 is 9.47 Å². The van der Waals surface area contributed by atoms with Gasteiger partial charge < -0.3 is 9.47 Å². The lowest BCUT2D eigenvalue weighted by atomic mass is 10.1. The lowest BCUT2D eigenvalue weighted by Crippen LogP contribution is -2.26. The van der Waals surface area contributed by atoms with E-state index in [9.17, 15) is 0 Å². The Morgan fingerprint density at radius 2 is 1.88 bits per heavy atom. The van der Waals surface area contributed by atoms with Gasteiger partial charge in [0.1, 0.15) is 11.5 Å². The van der Waals surface area contributed by atoms with Crippen LogP contribution in [-0.2, 0) is 6.54 Å². The van der Waals surface area contributed by atoms with Crippen LogP contribution in [0.3, 0.4) is 0 Å². The molecule has 1 fully saturated rings. The zero-order valence-corrected chi connectivity index (χ0v) is 10.9. The van der Waals surface area contributed by atoms with Gasteiger partial charge in [0.15, 0.2) is 0 Å². The summed E-state index contributed by atoms with van der Waals surface area (Å²) < 4.78 is 10.9. The molecule has 1 unspecified atom stereocenters. The Kier molecular flexibility index (Phi) is 3.89. The zero-order chi connectivity index (χ0) is 12.3. The predicted octanol–water partition coefficient (Wildman–Crippen LogP) is 2.69. The van der Waals surface area contributed by atoms with Crippen molar-refractivity contribution in [2.75, 3.05) is 20.8 Å². The minimum absolute atomic E-state index is 0.657. The van der Waals surface area contributed by atoms with E-state index in [2.05, 4.69) is 11.8 Å². The molecule has 1 heterocycles. The van der Waals surface area contributed by atoms with Crippen molar-refractivity contribution in [3.63, 3.8) is 0 Å². The van der Waals surface area contributed by atoms with E-state index in [1.165, 1.54) is 19.4 Å². The largest absolute Gasteiger partial charge is 0.496 e. The van der Waals surface area contributed by atoms with E-state index in [0.29, 0.717) is 6.04 Å². The average molecular weight is 235 g/mol. The third-order valence-corrected chi connectivity index (χ3v) is 3.58. The molecular weight excluding hydrogens is 214 g/mol. The molecule has 0 saturated carbocycles.